The van der Waals surface area contributed by atoms with Gasteiger partial charge in [-0.1, -0.05) is 56.9 Å². The Labute approximate surface area is 144 Å². The Morgan fingerprint density at radius 1 is 1.04 bits per heavy atom. The largest absolute Gasteiger partial charge is 0.206 e. The van der Waals surface area contributed by atoms with Crippen molar-refractivity contribution in [1.82, 2.24) is 0 Å². The molecule has 2 heteroatoms. The molecule has 0 spiro atoms. The Morgan fingerprint density at radius 3 is 2.38 bits per heavy atom. The Hall–Kier alpha value is -2.14. The smallest absolute Gasteiger partial charge is 0.131 e. The summed E-state index contributed by atoms with van der Waals surface area (Å²) in [6, 6.07) is 14.7. The number of aryl methyl sites for hydroxylation is 1. The summed E-state index contributed by atoms with van der Waals surface area (Å²) in [6.07, 6.45) is 7.47. The van der Waals surface area contributed by atoms with E-state index in [1.54, 1.807) is 30.3 Å². The van der Waals surface area contributed by atoms with Crippen molar-refractivity contribution in [3.8, 4) is 17.2 Å². The summed E-state index contributed by atoms with van der Waals surface area (Å²) in [5, 5.41) is 8.85. The Morgan fingerprint density at radius 2 is 1.75 bits per heavy atom. The highest BCUT2D eigenvalue weighted by molar-refractivity contribution is 5.65. The van der Waals surface area contributed by atoms with Crippen molar-refractivity contribution >= 4 is 0 Å². The maximum absolute atomic E-state index is 14.5. The number of rotatable bonds is 4. The molecule has 1 aliphatic rings. The fourth-order valence-electron chi connectivity index (χ4n) is 3.66. The normalized spacial score (nSPS) is 20.5. The van der Waals surface area contributed by atoms with Crippen LogP contribution in [-0.2, 0) is 6.42 Å². The second-order valence-corrected chi connectivity index (χ2v) is 7.17. The molecule has 2 aromatic carbocycles. The maximum atomic E-state index is 14.5. The molecule has 3 rings (SSSR count). The van der Waals surface area contributed by atoms with Crippen molar-refractivity contribution in [2.45, 2.75) is 45.4 Å². The summed E-state index contributed by atoms with van der Waals surface area (Å²) in [5.74, 6) is 1.52. The fraction of sp³-hybridized carbons (Fsp3) is 0.409. The van der Waals surface area contributed by atoms with Crippen molar-refractivity contribution in [2.24, 2.45) is 11.8 Å². The van der Waals surface area contributed by atoms with Crippen LogP contribution in [0.2, 0.25) is 0 Å². The van der Waals surface area contributed by atoms with E-state index in [0.29, 0.717) is 11.1 Å². The number of nitrogens with zero attached hydrogens (tertiary/aromatic N) is 1. The molecular weight excluding hydrogens is 297 g/mol. The SMILES string of the molecule is C[C@H]1CC[C@H](CCc2ccc(-c3ccc(C#N)cc3)c(F)c2)CC1. The van der Waals surface area contributed by atoms with E-state index in [1.165, 1.54) is 32.1 Å². The van der Waals surface area contributed by atoms with E-state index >= 15 is 0 Å². The third kappa shape index (κ3) is 4.03. The van der Waals surface area contributed by atoms with Crippen LogP contribution < -0.4 is 0 Å². The topological polar surface area (TPSA) is 23.8 Å². The zero-order valence-electron chi connectivity index (χ0n) is 14.3. The predicted octanol–water partition coefficient (Wildman–Crippen LogP) is 6.12. The van der Waals surface area contributed by atoms with Crippen LogP contribution in [0, 0.1) is 29.0 Å². The maximum Gasteiger partial charge on any atom is 0.131 e. The molecule has 0 aromatic heterocycles. The zero-order chi connectivity index (χ0) is 16.9. The molecule has 0 saturated heterocycles. The van der Waals surface area contributed by atoms with Gasteiger partial charge in [0.25, 0.3) is 0 Å². The van der Waals surface area contributed by atoms with Gasteiger partial charge in [0.15, 0.2) is 0 Å². The predicted molar refractivity (Wildman–Crippen MR) is 96.0 cm³/mol. The average molecular weight is 321 g/mol. The summed E-state index contributed by atoms with van der Waals surface area (Å²) >= 11 is 0. The zero-order valence-corrected chi connectivity index (χ0v) is 14.3. The van der Waals surface area contributed by atoms with Gasteiger partial charge in [-0.3, -0.25) is 0 Å². The Kier molecular flexibility index (Phi) is 5.30. The van der Waals surface area contributed by atoms with Gasteiger partial charge in [-0.15, -0.1) is 0 Å². The van der Waals surface area contributed by atoms with Crippen molar-refractivity contribution in [3.05, 3.63) is 59.4 Å². The second kappa shape index (κ2) is 7.62. The lowest BCUT2D eigenvalue weighted by Crippen LogP contribution is -2.12. The van der Waals surface area contributed by atoms with Gasteiger partial charge in [0.05, 0.1) is 11.6 Å². The van der Waals surface area contributed by atoms with Gasteiger partial charge in [-0.2, -0.15) is 5.26 Å². The summed E-state index contributed by atoms with van der Waals surface area (Å²) in [6.45, 7) is 2.34. The summed E-state index contributed by atoms with van der Waals surface area (Å²) in [7, 11) is 0. The lowest BCUT2D eigenvalue weighted by Gasteiger charge is -2.26. The van der Waals surface area contributed by atoms with E-state index in [2.05, 4.69) is 13.0 Å². The molecule has 2 aromatic rings. The van der Waals surface area contributed by atoms with Gasteiger partial charge in [0.1, 0.15) is 5.82 Å². The number of hydrogen-bond donors (Lipinski definition) is 0. The number of benzene rings is 2. The molecule has 1 nitrogen and oxygen atoms in total. The first-order valence-electron chi connectivity index (χ1n) is 8.94. The minimum atomic E-state index is -0.172. The van der Waals surface area contributed by atoms with E-state index < -0.39 is 0 Å². The molecule has 0 amide bonds. The molecule has 24 heavy (non-hydrogen) atoms. The number of nitriles is 1. The first-order chi connectivity index (χ1) is 11.7. The molecule has 0 unspecified atom stereocenters. The van der Waals surface area contributed by atoms with E-state index in [4.69, 9.17) is 5.26 Å². The van der Waals surface area contributed by atoms with Gasteiger partial charge < -0.3 is 0 Å². The Bertz CT molecular complexity index is 719. The highest BCUT2D eigenvalue weighted by Gasteiger charge is 2.18. The highest BCUT2D eigenvalue weighted by Crippen LogP contribution is 2.31. The molecule has 1 fully saturated rings. The third-order valence-corrected chi connectivity index (χ3v) is 5.34. The molecule has 1 aliphatic carbocycles. The van der Waals surface area contributed by atoms with Crippen molar-refractivity contribution in [1.29, 1.82) is 5.26 Å². The standard InChI is InChI=1S/C22H24FN/c1-16-2-4-17(5-3-16)6-7-18-10-13-21(22(23)14-18)20-11-8-19(15-24)9-12-20/h8-14,16-17H,2-7H2,1H3/t16-,17-. The molecular formula is C22H24FN. The monoisotopic (exact) mass is 321 g/mol. The van der Waals surface area contributed by atoms with Crippen LogP contribution in [0.3, 0.4) is 0 Å². The van der Waals surface area contributed by atoms with Crippen LogP contribution in [-0.4, -0.2) is 0 Å². The Balaban J connectivity index is 1.65. The van der Waals surface area contributed by atoms with Crippen LogP contribution in [0.5, 0.6) is 0 Å². The van der Waals surface area contributed by atoms with Crippen LogP contribution >= 0.6 is 0 Å². The summed E-state index contributed by atoms with van der Waals surface area (Å²) in [4.78, 5) is 0. The quantitative estimate of drug-likeness (QED) is 0.665. The second-order valence-electron chi connectivity index (χ2n) is 7.17. The van der Waals surface area contributed by atoms with Crippen LogP contribution in [0.1, 0.15) is 50.2 Å². The lowest BCUT2D eigenvalue weighted by molar-refractivity contribution is 0.277. The molecule has 0 heterocycles. The van der Waals surface area contributed by atoms with E-state index in [9.17, 15) is 4.39 Å². The molecule has 0 N–H and O–H groups in total. The lowest BCUT2D eigenvalue weighted by atomic mass is 9.80. The molecule has 0 atom stereocenters. The summed E-state index contributed by atoms with van der Waals surface area (Å²) < 4.78 is 14.5. The van der Waals surface area contributed by atoms with Gasteiger partial charge in [0.2, 0.25) is 0 Å². The van der Waals surface area contributed by atoms with E-state index in [0.717, 1.165) is 29.4 Å². The first kappa shape index (κ1) is 16.7. The van der Waals surface area contributed by atoms with Gasteiger partial charge in [-0.25, -0.2) is 4.39 Å². The first-order valence-corrected chi connectivity index (χ1v) is 8.94. The number of halogens is 1. The van der Waals surface area contributed by atoms with Gasteiger partial charge in [0, 0.05) is 5.56 Å². The third-order valence-electron chi connectivity index (χ3n) is 5.34. The van der Waals surface area contributed by atoms with E-state index in [1.807, 2.05) is 12.1 Å². The highest BCUT2D eigenvalue weighted by atomic mass is 19.1. The minimum Gasteiger partial charge on any atom is -0.206 e. The van der Waals surface area contributed by atoms with E-state index in [-0.39, 0.29) is 5.82 Å². The van der Waals surface area contributed by atoms with Crippen molar-refractivity contribution in [3.63, 3.8) is 0 Å². The average Bonchev–Trinajstić information content (AvgIpc) is 2.61. The molecule has 0 bridgehead atoms. The molecule has 1 saturated carbocycles. The van der Waals surface area contributed by atoms with Crippen molar-refractivity contribution in [2.75, 3.05) is 0 Å². The van der Waals surface area contributed by atoms with Crippen LogP contribution in [0.4, 0.5) is 4.39 Å². The molecule has 0 aliphatic heterocycles. The molecule has 124 valence electrons. The van der Waals surface area contributed by atoms with Crippen LogP contribution in [0.15, 0.2) is 42.5 Å². The van der Waals surface area contributed by atoms with Crippen molar-refractivity contribution < 1.29 is 4.39 Å². The molecule has 0 radical (unpaired) electrons. The van der Waals surface area contributed by atoms with Crippen LogP contribution in [0.25, 0.3) is 11.1 Å². The number of hydrogen-bond acceptors (Lipinski definition) is 1. The fourth-order valence-corrected chi connectivity index (χ4v) is 3.66. The van der Waals surface area contributed by atoms with Gasteiger partial charge in [-0.05, 0) is 54.0 Å². The summed E-state index contributed by atoms with van der Waals surface area (Å²) in [5.41, 5.74) is 3.11. The minimum absolute atomic E-state index is 0.172. The van der Waals surface area contributed by atoms with Gasteiger partial charge >= 0.3 is 0 Å².